The number of amides is 3. The van der Waals surface area contributed by atoms with Gasteiger partial charge in [-0.15, -0.1) is 0 Å². The van der Waals surface area contributed by atoms with E-state index in [0.29, 0.717) is 12.8 Å². The number of carbonyl (C=O) groups excluding carboxylic acids is 3. The first-order chi connectivity index (χ1) is 20.8. The Morgan fingerprint density at radius 2 is 1.50 bits per heavy atom. The summed E-state index contributed by atoms with van der Waals surface area (Å²) in [6.07, 6.45) is 0.818. The number of rotatable bonds is 14. The fraction of sp³-hybridized carbons (Fsp3) is 0.400. The summed E-state index contributed by atoms with van der Waals surface area (Å²) in [4.78, 5) is 39.2. The topological polar surface area (TPSA) is 151 Å². The third-order valence-corrected chi connectivity index (χ3v) is 7.77. The number of primary amides is 1. The third-order valence-electron chi connectivity index (χ3n) is 7.77. The van der Waals surface area contributed by atoms with E-state index < -0.39 is 46.9 Å². The lowest BCUT2D eigenvalue weighted by atomic mass is 9.84. The summed E-state index contributed by atoms with van der Waals surface area (Å²) in [5.41, 5.74) is 9.67. The van der Waals surface area contributed by atoms with Crippen molar-refractivity contribution in [1.29, 1.82) is 0 Å². The second-order valence-corrected chi connectivity index (χ2v) is 12.3. The van der Waals surface area contributed by atoms with E-state index in [0.717, 1.165) is 27.8 Å². The molecule has 0 saturated carbocycles. The van der Waals surface area contributed by atoms with Crippen molar-refractivity contribution in [1.82, 2.24) is 10.6 Å². The Morgan fingerprint density at radius 1 is 0.886 bits per heavy atom. The van der Waals surface area contributed by atoms with Crippen molar-refractivity contribution < 1.29 is 29.3 Å². The average molecular weight is 604 g/mol. The zero-order valence-electron chi connectivity index (χ0n) is 26.2. The van der Waals surface area contributed by atoms with Crippen molar-refractivity contribution in [3.8, 4) is 11.1 Å². The van der Waals surface area contributed by atoms with E-state index in [1.165, 1.54) is 7.11 Å². The second-order valence-electron chi connectivity index (χ2n) is 12.3. The minimum atomic E-state index is -3.11. The fourth-order valence-corrected chi connectivity index (χ4v) is 5.27. The van der Waals surface area contributed by atoms with Crippen LogP contribution in [-0.2, 0) is 25.5 Å². The van der Waals surface area contributed by atoms with Crippen LogP contribution in [0.25, 0.3) is 11.1 Å². The summed E-state index contributed by atoms with van der Waals surface area (Å²) in [5.74, 6) is -7.50. The van der Waals surface area contributed by atoms with Gasteiger partial charge in [0.2, 0.25) is 11.8 Å². The van der Waals surface area contributed by atoms with Crippen LogP contribution < -0.4 is 16.4 Å². The van der Waals surface area contributed by atoms with E-state index in [1.807, 2.05) is 79.7 Å². The predicted molar refractivity (Wildman–Crippen MR) is 170 cm³/mol. The van der Waals surface area contributed by atoms with Crippen LogP contribution in [0.3, 0.4) is 0 Å². The maximum Gasteiger partial charge on any atom is 0.278 e. The SMILES string of the molecule is COC[C@@H](NC(=O)[C@@H](NC(=O)[C@H](CCCc1ccc(-c2ccccc2)c(C)c1)C(O)(O)C(N)=O)C(C)(C)C)c1ccccc1. The molecule has 0 bridgehead atoms. The van der Waals surface area contributed by atoms with Gasteiger partial charge in [-0.2, -0.15) is 0 Å². The average Bonchev–Trinajstić information content (AvgIpc) is 2.98. The third kappa shape index (κ3) is 8.98. The zero-order valence-corrected chi connectivity index (χ0v) is 26.2. The van der Waals surface area contributed by atoms with Crippen molar-refractivity contribution in [3.63, 3.8) is 0 Å². The molecule has 0 aromatic heterocycles. The van der Waals surface area contributed by atoms with E-state index >= 15 is 0 Å². The lowest BCUT2D eigenvalue weighted by Gasteiger charge is -2.35. The maximum atomic E-state index is 13.6. The quantitative estimate of drug-likeness (QED) is 0.177. The van der Waals surface area contributed by atoms with Crippen LogP contribution in [0.1, 0.15) is 56.3 Å². The molecule has 0 aliphatic rings. The summed E-state index contributed by atoms with van der Waals surface area (Å²) in [7, 11) is 1.53. The van der Waals surface area contributed by atoms with Gasteiger partial charge in [-0.25, -0.2) is 0 Å². The van der Waals surface area contributed by atoms with E-state index in [9.17, 15) is 24.6 Å². The van der Waals surface area contributed by atoms with Gasteiger partial charge in [-0.3, -0.25) is 14.4 Å². The molecule has 3 aromatic carbocycles. The molecule has 0 spiro atoms. The molecule has 3 rings (SSSR count). The van der Waals surface area contributed by atoms with Crippen molar-refractivity contribution in [2.75, 3.05) is 13.7 Å². The molecule has 9 heteroatoms. The number of hydrogen-bond acceptors (Lipinski definition) is 6. The largest absolute Gasteiger partial charge is 0.382 e. The van der Waals surface area contributed by atoms with Crippen LogP contribution in [-0.4, -0.2) is 53.5 Å². The molecular weight excluding hydrogens is 558 g/mol. The second kappa shape index (κ2) is 15.1. The minimum absolute atomic E-state index is 0.0595. The Kier molecular flexibility index (Phi) is 11.8. The highest BCUT2D eigenvalue weighted by molar-refractivity contribution is 5.93. The highest BCUT2D eigenvalue weighted by atomic mass is 16.5. The Hall–Kier alpha value is -4.05. The van der Waals surface area contributed by atoms with E-state index in [4.69, 9.17) is 10.5 Å². The monoisotopic (exact) mass is 603 g/mol. The maximum absolute atomic E-state index is 13.6. The van der Waals surface area contributed by atoms with Gasteiger partial charge >= 0.3 is 0 Å². The predicted octanol–water partition coefficient (Wildman–Crippen LogP) is 3.80. The molecule has 0 radical (unpaired) electrons. The van der Waals surface area contributed by atoms with Gasteiger partial charge in [0.05, 0.1) is 12.6 Å². The van der Waals surface area contributed by atoms with Crippen LogP contribution in [0, 0.1) is 18.3 Å². The van der Waals surface area contributed by atoms with E-state index in [-0.39, 0.29) is 13.0 Å². The lowest BCUT2D eigenvalue weighted by Crippen LogP contribution is -2.60. The Balaban J connectivity index is 1.76. The Morgan fingerprint density at radius 3 is 2.05 bits per heavy atom. The van der Waals surface area contributed by atoms with Gasteiger partial charge in [0.25, 0.3) is 11.7 Å². The van der Waals surface area contributed by atoms with Crippen LogP contribution >= 0.6 is 0 Å². The molecule has 0 unspecified atom stereocenters. The number of methoxy groups -OCH3 is 1. The Bertz CT molecular complexity index is 1400. The summed E-state index contributed by atoms with van der Waals surface area (Å²) >= 11 is 0. The normalized spacial score (nSPS) is 13.9. The highest BCUT2D eigenvalue weighted by Crippen LogP contribution is 2.28. The molecule has 44 heavy (non-hydrogen) atoms. The molecule has 0 fully saturated rings. The number of aliphatic hydroxyl groups is 2. The number of aryl methyl sites for hydroxylation is 2. The highest BCUT2D eigenvalue weighted by Gasteiger charge is 2.46. The number of ether oxygens (including phenoxy) is 1. The molecule has 0 heterocycles. The van der Waals surface area contributed by atoms with Gasteiger partial charge in [0.15, 0.2) is 0 Å². The van der Waals surface area contributed by atoms with Crippen molar-refractivity contribution in [2.24, 2.45) is 17.1 Å². The standard InChI is InChI=1S/C35H45N3O6/c1-23-21-24(19-20-27(23)25-14-8-6-9-15-25)13-12-18-28(35(42,43)33(36)41)31(39)38-30(34(2,3)4)32(40)37-29(22-44-5)26-16-10-7-11-17-26/h6-11,14-17,19-21,28-30,42-43H,12-13,18,22H2,1-5H3,(H2,36,41)(H,37,40)(H,38,39)/t28-,29+,30+/m0/s1. The molecule has 0 aliphatic carbocycles. The molecule has 0 aliphatic heterocycles. The molecule has 9 nitrogen and oxygen atoms in total. The molecule has 236 valence electrons. The van der Waals surface area contributed by atoms with Gasteiger partial charge in [0.1, 0.15) is 12.0 Å². The van der Waals surface area contributed by atoms with Crippen LogP contribution in [0.15, 0.2) is 78.9 Å². The van der Waals surface area contributed by atoms with Gasteiger partial charge in [-0.05, 0) is 59.4 Å². The summed E-state index contributed by atoms with van der Waals surface area (Å²) in [6.45, 7) is 7.56. The zero-order chi connectivity index (χ0) is 32.5. The van der Waals surface area contributed by atoms with Crippen LogP contribution in [0.2, 0.25) is 0 Å². The number of carbonyl (C=O) groups is 3. The molecule has 3 aromatic rings. The van der Waals surface area contributed by atoms with Crippen LogP contribution in [0.4, 0.5) is 0 Å². The summed E-state index contributed by atoms with van der Waals surface area (Å²) < 4.78 is 5.31. The summed E-state index contributed by atoms with van der Waals surface area (Å²) in [5, 5.41) is 26.9. The molecule has 0 saturated heterocycles. The molecule has 3 atom stereocenters. The van der Waals surface area contributed by atoms with Crippen molar-refractivity contribution >= 4 is 17.7 Å². The van der Waals surface area contributed by atoms with Gasteiger partial charge < -0.3 is 31.3 Å². The van der Waals surface area contributed by atoms with Crippen molar-refractivity contribution in [2.45, 2.75) is 64.8 Å². The summed E-state index contributed by atoms with van der Waals surface area (Å²) in [6, 6.07) is 23.8. The number of nitrogens with two attached hydrogens (primary N) is 1. The fourth-order valence-electron chi connectivity index (χ4n) is 5.27. The first-order valence-corrected chi connectivity index (χ1v) is 14.8. The molecule has 3 amide bonds. The first-order valence-electron chi connectivity index (χ1n) is 14.8. The lowest BCUT2D eigenvalue weighted by molar-refractivity contribution is -0.205. The van der Waals surface area contributed by atoms with E-state index in [1.54, 1.807) is 20.8 Å². The Labute approximate surface area is 259 Å². The minimum Gasteiger partial charge on any atom is -0.382 e. The molecule has 6 N–H and O–H groups in total. The van der Waals surface area contributed by atoms with Crippen LogP contribution in [0.5, 0.6) is 0 Å². The van der Waals surface area contributed by atoms with Crippen molar-refractivity contribution in [3.05, 3.63) is 95.6 Å². The van der Waals surface area contributed by atoms with Gasteiger partial charge in [0, 0.05) is 7.11 Å². The molecular formula is C35H45N3O6. The number of nitrogens with one attached hydrogen (secondary N) is 2. The van der Waals surface area contributed by atoms with E-state index in [2.05, 4.69) is 16.7 Å². The van der Waals surface area contributed by atoms with Gasteiger partial charge in [-0.1, -0.05) is 99.6 Å². The number of benzene rings is 3. The number of hydrogen-bond donors (Lipinski definition) is 5. The first kappa shape index (κ1) is 34.4. The smallest absolute Gasteiger partial charge is 0.278 e.